The number of rotatable bonds is 3. The predicted molar refractivity (Wildman–Crippen MR) is 48.9 cm³/mol. The molecule has 0 fully saturated rings. The van der Waals surface area contributed by atoms with E-state index >= 15 is 0 Å². The summed E-state index contributed by atoms with van der Waals surface area (Å²) in [5.41, 5.74) is -0.178. The number of nitrogens with zero attached hydrogens (tertiary/aromatic N) is 1. The Morgan fingerprint density at radius 2 is 2.06 bits per heavy atom. The van der Waals surface area contributed by atoms with Crippen LogP contribution in [-0.2, 0) is 16.1 Å². The molecule has 0 aliphatic carbocycles. The van der Waals surface area contributed by atoms with Gasteiger partial charge in [0.1, 0.15) is 6.61 Å². The molecule has 1 aromatic carbocycles. The van der Waals surface area contributed by atoms with E-state index in [2.05, 4.69) is 4.74 Å². The number of carbonyl (C=O) groups excluding carboxylic acids is 1. The first kappa shape index (κ1) is 12.9. The number of esters is 1. The summed E-state index contributed by atoms with van der Waals surface area (Å²) in [6, 6.07) is 4.81. The molecule has 0 bridgehead atoms. The van der Waals surface area contributed by atoms with Crippen LogP contribution in [0.2, 0.25) is 0 Å². The van der Waals surface area contributed by atoms with Crippen molar-refractivity contribution in [2.24, 2.45) is 0 Å². The highest BCUT2D eigenvalue weighted by Gasteiger charge is 2.40. The van der Waals surface area contributed by atoms with Gasteiger partial charge in [-0.25, -0.2) is 4.79 Å². The van der Waals surface area contributed by atoms with Crippen LogP contribution in [0, 0.1) is 10.1 Å². The first-order chi connectivity index (χ1) is 7.80. The van der Waals surface area contributed by atoms with E-state index in [-0.39, 0.29) is 11.3 Å². The molecule has 0 radical (unpaired) electrons. The normalized spacial score (nSPS) is 11.0. The van der Waals surface area contributed by atoms with E-state index in [1.807, 2.05) is 0 Å². The van der Waals surface area contributed by atoms with Crippen LogP contribution < -0.4 is 0 Å². The van der Waals surface area contributed by atoms with Crippen molar-refractivity contribution in [2.45, 2.75) is 12.8 Å². The zero-order valence-electron chi connectivity index (χ0n) is 8.23. The Balaban J connectivity index is 2.67. The minimum atomic E-state index is -5.07. The molecular formula is C9H6F3NO4. The van der Waals surface area contributed by atoms with E-state index in [1.165, 1.54) is 18.2 Å². The van der Waals surface area contributed by atoms with Crippen LogP contribution >= 0.6 is 0 Å². The molecule has 0 unspecified atom stereocenters. The molecule has 0 aliphatic heterocycles. The van der Waals surface area contributed by atoms with Crippen LogP contribution in [0.1, 0.15) is 5.56 Å². The standard InChI is InChI=1S/C9H6F3NO4/c10-9(11,12)8(14)17-5-6-2-1-3-7(4-6)13(15)16/h1-4H,5H2. The summed E-state index contributed by atoms with van der Waals surface area (Å²) in [6.45, 7) is -0.667. The highest BCUT2D eigenvalue weighted by atomic mass is 19.4. The maximum Gasteiger partial charge on any atom is 0.490 e. The van der Waals surface area contributed by atoms with E-state index < -0.39 is 23.7 Å². The Morgan fingerprint density at radius 1 is 1.41 bits per heavy atom. The zero-order valence-corrected chi connectivity index (χ0v) is 8.23. The number of carbonyl (C=O) groups is 1. The number of nitro groups is 1. The van der Waals surface area contributed by atoms with Gasteiger partial charge in [0.2, 0.25) is 0 Å². The molecule has 5 nitrogen and oxygen atoms in total. The number of halogens is 3. The molecule has 8 heteroatoms. The Hall–Kier alpha value is -2.12. The van der Waals surface area contributed by atoms with Gasteiger partial charge in [0.15, 0.2) is 0 Å². The lowest BCUT2D eigenvalue weighted by molar-refractivity contribution is -0.384. The summed E-state index contributed by atoms with van der Waals surface area (Å²) in [6.07, 6.45) is -5.07. The molecule has 0 atom stereocenters. The lowest BCUT2D eigenvalue weighted by atomic mass is 10.2. The third-order valence-corrected chi connectivity index (χ3v) is 1.72. The van der Waals surface area contributed by atoms with Gasteiger partial charge in [0, 0.05) is 12.1 Å². The second kappa shape index (κ2) is 4.81. The number of ether oxygens (including phenoxy) is 1. The van der Waals surface area contributed by atoms with Crippen molar-refractivity contribution in [3.8, 4) is 0 Å². The quantitative estimate of drug-likeness (QED) is 0.467. The molecule has 1 rings (SSSR count). The smallest absolute Gasteiger partial charge is 0.454 e. The number of nitro benzene ring substituents is 1. The molecule has 0 aromatic heterocycles. The highest BCUT2D eigenvalue weighted by molar-refractivity contribution is 5.75. The van der Waals surface area contributed by atoms with Crippen molar-refractivity contribution in [2.75, 3.05) is 0 Å². The number of alkyl halides is 3. The Morgan fingerprint density at radius 3 is 2.59 bits per heavy atom. The van der Waals surface area contributed by atoms with Crippen molar-refractivity contribution >= 4 is 11.7 Å². The minimum Gasteiger partial charge on any atom is -0.454 e. The summed E-state index contributed by atoms with van der Waals surface area (Å²) in [4.78, 5) is 20.0. The van der Waals surface area contributed by atoms with Gasteiger partial charge in [-0.05, 0) is 5.56 Å². The first-order valence-electron chi connectivity index (χ1n) is 4.28. The molecule has 0 spiro atoms. The van der Waals surface area contributed by atoms with Crippen molar-refractivity contribution in [1.82, 2.24) is 0 Å². The summed E-state index contributed by atoms with van der Waals surface area (Å²) in [7, 11) is 0. The van der Waals surface area contributed by atoms with E-state index in [9.17, 15) is 28.1 Å². The largest absolute Gasteiger partial charge is 0.490 e. The Kier molecular flexibility index (Phi) is 3.66. The van der Waals surface area contributed by atoms with Crippen LogP contribution in [0.3, 0.4) is 0 Å². The van der Waals surface area contributed by atoms with E-state index in [0.717, 1.165) is 6.07 Å². The number of hydrogen-bond acceptors (Lipinski definition) is 4. The van der Waals surface area contributed by atoms with Gasteiger partial charge >= 0.3 is 12.1 Å². The SMILES string of the molecule is O=C(OCc1cccc([N+](=O)[O-])c1)C(F)(F)F. The molecule has 1 aromatic rings. The average molecular weight is 249 g/mol. The molecule has 0 aliphatic rings. The highest BCUT2D eigenvalue weighted by Crippen LogP contribution is 2.19. The molecule has 0 saturated carbocycles. The fraction of sp³-hybridized carbons (Fsp3) is 0.222. The monoisotopic (exact) mass is 249 g/mol. The van der Waals surface area contributed by atoms with Gasteiger partial charge in [0.25, 0.3) is 5.69 Å². The first-order valence-corrected chi connectivity index (χ1v) is 4.28. The van der Waals surface area contributed by atoms with Crippen LogP contribution in [0.15, 0.2) is 24.3 Å². The number of benzene rings is 1. The van der Waals surface area contributed by atoms with E-state index in [4.69, 9.17) is 0 Å². The zero-order chi connectivity index (χ0) is 13.1. The van der Waals surface area contributed by atoms with Crippen LogP contribution in [-0.4, -0.2) is 17.1 Å². The topological polar surface area (TPSA) is 69.4 Å². The number of non-ortho nitro benzene ring substituents is 1. The molecule has 92 valence electrons. The lowest BCUT2D eigenvalue weighted by Gasteiger charge is -2.06. The van der Waals surface area contributed by atoms with Crippen molar-refractivity contribution in [1.29, 1.82) is 0 Å². The van der Waals surface area contributed by atoms with Crippen molar-refractivity contribution < 1.29 is 27.6 Å². The van der Waals surface area contributed by atoms with E-state index in [1.54, 1.807) is 0 Å². The molecule has 0 saturated heterocycles. The van der Waals surface area contributed by atoms with Gasteiger partial charge in [-0.3, -0.25) is 10.1 Å². The third-order valence-electron chi connectivity index (χ3n) is 1.72. The Labute approximate surface area is 93.0 Å². The van der Waals surface area contributed by atoms with Gasteiger partial charge in [-0.1, -0.05) is 12.1 Å². The molecule has 0 N–H and O–H groups in total. The second-order valence-electron chi connectivity index (χ2n) is 3.00. The summed E-state index contributed by atoms with van der Waals surface area (Å²) in [5.74, 6) is -2.33. The second-order valence-corrected chi connectivity index (χ2v) is 3.00. The summed E-state index contributed by atoms with van der Waals surface area (Å²) >= 11 is 0. The predicted octanol–water partition coefficient (Wildman–Crippen LogP) is 2.20. The fourth-order valence-corrected chi connectivity index (χ4v) is 0.991. The average Bonchev–Trinajstić information content (AvgIpc) is 2.25. The van der Waals surface area contributed by atoms with Crippen molar-refractivity contribution in [3.05, 3.63) is 39.9 Å². The molecule has 17 heavy (non-hydrogen) atoms. The third kappa shape index (κ3) is 3.74. The van der Waals surface area contributed by atoms with Gasteiger partial charge in [-0.15, -0.1) is 0 Å². The number of hydrogen-bond donors (Lipinski definition) is 0. The minimum absolute atomic E-state index is 0.108. The maximum atomic E-state index is 11.8. The van der Waals surface area contributed by atoms with Crippen LogP contribution in [0.4, 0.5) is 18.9 Å². The van der Waals surface area contributed by atoms with Crippen LogP contribution in [0.5, 0.6) is 0 Å². The van der Waals surface area contributed by atoms with Crippen LogP contribution in [0.25, 0.3) is 0 Å². The van der Waals surface area contributed by atoms with Gasteiger partial charge < -0.3 is 4.74 Å². The van der Waals surface area contributed by atoms with Crippen molar-refractivity contribution in [3.63, 3.8) is 0 Å². The maximum absolute atomic E-state index is 11.8. The van der Waals surface area contributed by atoms with Gasteiger partial charge in [0.05, 0.1) is 4.92 Å². The Bertz CT molecular complexity index is 444. The molecular weight excluding hydrogens is 243 g/mol. The lowest BCUT2D eigenvalue weighted by Crippen LogP contribution is -2.25. The molecule has 0 amide bonds. The van der Waals surface area contributed by atoms with E-state index in [0.29, 0.717) is 0 Å². The molecule has 0 heterocycles. The fourth-order valence-electron chi connectivity index (χ4n) is 0.991. The van der Waals surface area contributed by atoms with Gasteiger partial charge in [-0.2, -0.15) is 13.2 Å². The summed E-state index contributed by atoms with van der Waals surface area (Å²) in [5, 5.41) is 10.4. The summed E-state index contributed by atoms with van der Waals surface area (Å²) < 4.78 is 39.3.